The normalized spacial score (nSPS) is 32.2. The van der Waals surface area contributed by atoms with Crippen molar-refractivity contribution in [2.24, 2.45) is 5.92 Å². The van der Waals surface area contributed by atoms with Crippen molar-refractivity contribution in [1.82, 2.24) is 0 Å². The Hall–Kier alpha value is -0.830. The summed E-state index contributed by atoms with van der Waals surface area (Å²) < 4.78 is 10.7. The van der Waals surface area contributed by atoms with Gasteiger partial charge in [0.05, 0.1) is 18.6 Å². The number of Topliss-reactive ketones (excluding diaryl/α,β-unsaturated/α-hetero) is 1. The molecule has 0 aromatic carbocycles. The Kier molecular flexibility index (Phi) is 2.87. The van der Waals surface area contributed by atoms with Crippen LogP contribution in [0.3, 0.4) is 0 Å². The molecular weight excluding hydrogens is 180 g/mol. The smallest absolute Gasteiger partial charge is 0.202 e. The summed E-state index contributed by atoms with van der Waals surface area (Å²) in [6.45, 7) is 3.34. The second-order valence-electron chi connectivity index (χ2n) is 3.89. The monoisotopic (exact) mass is 196 g/mol. The Balaban J connectivity index is 2.03. The van der Waals surface area contributed by atoms with Crippen LogP contribution < -0.4 is 0 Å². The van der Waals surface area contributed by atoms with Gasteiger partial charge in [-0.15, -0.1) is 0 Å². The number of carbonyl (C=O) groups excluding carboxylic acids is 1. The molecule has 3 heteroatoms. The first kappa shape index (κ1) is 9.71. The summed E-state index contributed by atoms with van der Waals surface area (Å²) in [5, 5.41) is 0. The Labute approximate surface area is 84.1 Å². The third-order valence-corrected chi connectivity index (χ3v) is 2.89. The highest BCUT2D eigenvalue weighted by atomic mass is 16.5. The fourth-order valence-corrected chi connectivity index (χ4v) is 1.99. The molecule has 0 bridgehead atoms. The van der Waals surface area contributed by atoms with E-state index in [1.54, 1.807) is 0 Å². The van der Waals surface area contributed by atoms with Gasteiger partial charge in [-0.2, -0.15) is 0 Å². The van der Waals surface area contributed by atoms with Gasteiger partial charge < -0.3 is 9.47 Å². The van der Waals surface area contributed by atoms with Crippen LogP contribution in [-0.2, 0) is 14.3 Å². The molecule has 2 rings (SSSR count). The lowest BCUT2D eigenvalue weighted by Gasteiger charge is -2.18. The molecule has 2 atom stereocenters. The molecular formula is C11H16O3. The number of ketones is 1. The molecule has 2 aliphatic heterocycles. The highest BCUT2D eigenvalue weighted by molar-refractivity contribution is 5.95. The van der Waals surface area contributed by atoms with Gasteiger partial charge in [0.2, 0.25) is 5.78 Å². The van der Waals surface area contributed by atoms with Crippen LogP contribution in [0, 0.1) is 5.92 Å². The van der Waals surface area contributed by atoms with E-state index in [1.807, 2.05) is 13.0 Å². The van der Waals surface area contributed by atoms with Crippen LogP contribution in [0.4, 0.5) is 0 Å². The fourth-order valence-electron chi connectivity index (χ4n) is 1.99. The van der Waals surface area contributed by atoms with E-state index in [1.165, 1.54) is 0 Å². The topological polar surface area (TPSA) is 35.5 Å². The predicted molar refractivity (Wildman–Crippen MR) is 51.8 cm³/mol. The van der Waals surface area contributed by atoms with Gasteiger partial charge in [0.1, 0.15) is 0 Å². The van der Waals surface area contributed by atoms with Crippen molar-refractivity contribution >= 4 is 5.78 Å². The average Bonchev–Trinajstić information content (AvgIpc) is 2.65. The summed E-state index contributed by atoms with van der Waals surface area (Å²) >= 11 is 0. The molecule has 0 amide bonds. The van der Waals surface area contributed by atoms with Gasteiger partial charge in [-0.05, 0) is 32.3 Å². The minimum atomic E-state index is 0.0133. The Bertz CT molecular complexity index is 257. The van der Waals surface area contributed by atoms with Crippen molar-refractivity contribution in [2.45, 2.75) is 32.3 Å². The van der Waals surface area contributed by atoms with Crippen molar-refractivity contribution in [3.8, 4) is 0 Å². The lowest BCUT2D eigenvalue weighted by molar-refractivity contribution is -0.124. The maximum atomic E-state index is 11.9. The van der Waals surface area contributed by atoms with Crippen LogP contribution in [0.5, 0.6) is 0 Å². The molecule has 2 unspecified atom stereocenters. The van der Waals surface area contributed by atoms with Crippen molar-refractivity contribution in [3.63, 3.8) is 0 Å². The summed E-state index contributed by atoms with van der Waals surface area (Å²) in [5.74, 6) is 0.715. The van der Waals surface area contributed by atoms with Crippen LogP contribution in [0.2, 0.25) is 0 Å². The van der Waals surface area contributed by atoms with Crippen molar-refractivity contribution in [2.75, 3.05) is 13.2 Å². The van der Waals surface area contributed by atoms with Crippen LogP contribution in [0.25, 0.3) is 0 Å². The lowest BCUT2D eigenvalue weighted by atomic mass is 9.95. The summed E-state index contributed by atoms with van der Waals surface area (Å²) in [4.78, 5) is 11.9. The van der Waals surface area contributed by atoms with E-state index in [-0.39, 0.29) is 17.8 Å². The number of hydrogen-bond donors (Lipinski definition) is 0. The van der Waals surface area contributed by atoms with Gasteiger partial charge in [-0.3, -0.25) is 4.79 Å². The maximum Gasteiger partial charge on any atom is 0.202 e. The highest BCUT2D eigenvalue weighted by Crippen LogP contribution is 2.25. The molecule has 0 radical (unpaired) electrons. The standard InChI is InChI=1S/C11H16O3/c1-8-9(5-7-13-8)11(12)10-4-2-3-6-14-10/h4,8-9H,2-3,5-7H2,1H3. The molecule has 0 aromatic rings. The zero-order chi connectivity index (χ0) is 9.97. The number of ether oxygens (including phenoxy) is 2. The van der Waals surface area contributed by atoms with Crippen molar-refractivity contribution < 1.29 is 14.3 Å². The molecule has 0 spiro atoms. The van der Waals surface area contributed by atoms with Gasteiger partial charge in [0.15, 0.2) is 5.76 Å². The molecule has 3 nitrogen and oxygen atoms in total. The first-order valence-electron chi connectivity index (χ1n) is 5.28. The molecule has 0 saturated carbocycles. The average molecular weight is 196 g/mol. The molecule has 0 N–H and O–H groups in total. The molecule has 2 heterocycles. The quantitative estimate of drug-likeness (QED) is 0.674. The Morgan fingerprint density at radius 3 is 2.93 bits per heavy atom. The lowest BCUT2D eigenvalue weighted by Crippen LogP contribution is -2.25. The Morgan fingerprint density at radius 2 is 2.36 bits per heavy atom. The summed E-state index contributed by atoms with van der Waals surface area (Å²) in [6.07, 6.45) is 4.78. The van der Waals surface area contributed by atoms with E-state index in [0.717, 1.165) is 19.3 Å². The van der Waals surface area contributed by atoms with E-state index in [9.17, 15) is 4.79 Å². The maximum absolute atomic E-state index is 11.9. The zero-order valence-electron chi connectivity index (χ0n) is 8.49. The van der Waals surface area contributed by atoms with E-state index in [2.05, 4.69) is 0 Å². The molecule has 2 aliphatic rings. The number of allylic oxidation sites excluding steroid dienone is 2. The van der Waals surface area contributed by atoms with E-state index in [4.69, 9.17) is 9.47 Å². The second kappa shape index (κ2) is 4.13. The second-order valence-corrected chi connectivity index (χ2v) is 3.89. The molecule has 78 valence electrons. The zero-order valence-corrected chi connectivity index (χ0v) is 8.49. The van der Waals surface area contributed by atoms with Crippen molar-refractivity contribution in [3.05, 3.63) is 11.8 Å². The third kappa shape index (κ3) is 1.82. The highest BCUT2D eigenvalue weighted by Gasteiger charge is 2.33. The summed E-state index contributed by atoms with van der Waals surface area (Å²) in [5.41, 5.74) is 0. The number of hydrogen-bond acceptors (Lipinski definition) is 3. The minimum absolute atomic E-state index is 0.0133. The third-order valence-electron chi connectivity index (χ3n) is 2.89. The molecule has 14 heavy (non-hydrogen) atoms. The predicted octanol–water partition coefficient (Wildman–Crippen LogP) is 1.67. The van der Waals surface area contributed by atoms with Crippen LogP contribution in [0.15, 0.2) is 11.8 Å². The Morgan fingerprint density at radius 1 is 1.50 bits per heavy atom. The number of rotatable bonds is 2. The summed E-state index contributed by atoms with van der Waals surface area (Å²) in [7, 11) is 0. The first-order valence-corrected chi connectivity index (χ1v) is 5.28. The van der Waals surface area contributed by atoms with Gasteiger partial charge in [-0.1, -0.05) is 0 Å². The first-order chi connectivity index (χ1) is 6.79. The summed E-state index contributed by atoms with van der Waals surface area (Å²) in [6, 6.07) is 0. The number of carbonyl (C=O) groups is 1. The van der Waals surface area contributed by atoms with Gasteiger partial charge in [-0.25, -0.2) is 0 Å². The SMILES string of the molecule is CC1OCCC1C(=O)C1=CCCCO1. The van der Waals surface area contributed by atoms with E-state index >= 15 is 0 Å². The van der Waals surface area contributed by atoms with Crippen LogP contribution >= 0.6 is 0 Å². The largest absolute Gasteiger partial charge is 0.490 e. The molecule has 0 aromatic heterocycles. The van der Waals surface area contributed by atoms with Gasteiger partial charge in [0, 0.05) is 6.61 Å². The van der Waals surface area contributed by atoms with E-state index in [0.29, 0.717) is 19.0 Å². The van der Waals surface area contributed by atoms with Gasteiger partial charge >= 0.3 is 0 Å². The molecule has 0 aliphatic carbocycles. The minimum Gasteiger partial charge on any atom is -0.490 e. The van der Waals surface area contributed by atoms with Crippen molar-refractivity contribution in [1.29, 1.82) is 0 Å². The fraction of sp³-hybridized carbons (Fsp3) is 0.727. The van der Waals surface area contributed by atoms with Crippen LogP contribution in [0.1, 0.15) is 26.2 Å². The molecule has 1 saturated heterocycles. The van der Waals surface area contributed by atoms with Gasteiger partial charge in [0.25, 0.3) is 0 Å². The molecule has 1 fully saturated rings. The van der Waals surface area contributed by atoms with E-state index < -0.39 is 0 Å². The van der Waals surface area contributed by atoms with Crippen LogP contribution in [-0.4, -0.2) is 25.1 Å².